The molecule has 0 N–H and O–H groups in total. The molecule has 0 atom stereocenters. The summed E-state index contributed by atoms with van der Waals surface area (Å²) in [6, 6.07) is 13.3. The van der Waals surface area contributed by atoms with Gasteiger partial charge in [0.05, 0.1) is 12.8 Å². The van der Waals surface area contributed by atoms with Crippen LogP contribution in [0.3, 0.4) is 0 Å². The molecule has 0 aliphatic rings. The van der Waals surface area contributed by atoms with Crippen molar-refractivity contribution in [1.82, 2.24) is 19.7 Å². The topological polar surface area (TPSA) is 62.1 Å². The Labute approximate surface area is 144 Å². The highest BCUT2D eigenvalue weighted by molar-refractivity contribution is 7.98. The number of benzene rings is 1. The number of ether oxygens (including phenoxy) is 2. The maximum Gasteiger partial charge on any atom is 0.191 e. The van der Waals surface area contributed by atoms with Crippen LogP contribution in [-0.4, -0.2) is 26.9 Å². The van der Waals surface area contributed by atoms with E-state index in [2.05, 4.69) is 15.2 Å². The Morgan fingerprint density at radius 2 is 1.83 bits per heavy atom. The second kappa shape index (κ2) is 7.83. The van der Waals surface area contributed by atoms with Crippen molar-refractivity contribution in [2.24, 2.45) is 7.05 Å². The molecule has 0 fully saturated rings. The normalized spacial score (nSPS) is 10.6. The molecule has 2 aromatic heterocycles. The number of pyridine rings is 1. The van der Waals surface area contributed by atoms with E-state index in [0.29, 0.717) is 6.61 Å². The van der Waals surface area contributed by atoms with Crippen LogP contribution in [0.5, 0.6) is 11.5 Å². The van der Waals surface area contributed by atoms with Crippen molar-refractivity contribution in [3.63, 3.8) is 0 Å². The number of thioether (sulfide) groups is 1. The summed E-state index contributed by atoms with van der Waals surface area (Å²) >= 11 is 1.60. The van der Waals surface area contributed by atoms with E-state index in [1.54, 1.807) is 25.1 Å². The van der Waals surface area contributed by atoms with Crippen LogP contribution < -0.4 is 9.47 Å². The third kappa shape index (κ3) is 4.05. The molecule has 6 nitrogen and oxygen atoms in total. The van der Waals surface area contributed by atoms with Crippen LogP contribution in [0.1, 0.15) is 11.5 Å². The Morgan fingerprint density at radius 3 is 2.54 bits per heavy atom. The van der Waals surface area contributed by atoms with Gasteiger partial charge in [0, 0.05) is 19.0 Å². The third-order valence-corrected chi connectivity index (χ3v) is 4.48. The number of methoxy groups -OCH3 is 1. The fraction of sp³-hybridized carbons (Fsp3) is 0.235. The molecule has 3 aromatic rings. The van der Waals surface area contributed by atoms with E-state index >= 15 is 0 Å². The number of hydrogen-bond donors (Lipinski definition) is 0. The molecule has 1 aromatic carbocycles. The predicted molar refractivity (Wildman–Crippen MR) is 92.1 cm³/mol. The van der Waals surface area contributed by atoms with E-state index in [0.717, 1.165) is 33.9 Å². The zero-order chi connectivity index (χ0) is 16.8. The molecule has 0 unspecified atom stereocenters. The van der Waals surface area contributed by atoms with E-state index in [4.69, 9.17) is 9.47 Å². The van der Waals surface area contributed by atoms with E-state index in [9.17, 15) is 0 Å². The third-order valence-electron chi connectivity index (χ3n) is 3.43. The highest BCUT2D eigenvalue weighted by Crippen LogP contribution is 2.21. The van der Waals surface area contributed by atoms with Gasteiger partial charge in [0.15, 0.2) is 11.0 Å². The number of aromatic nitrogens is 4. The first-order chi connectivity index (χ1) is 11.8. The highest BCUT2D eigenvalue weighted by Gasteiger charge is 2.10. The van der Waals surface area contributed by atoms with Crippen molar-refractivity contribution in [3.8, 4) is 11.5 Å². The van der Waals surface area contributed by atoms with Crippen LogP contribution in [0, 0.1) is 0 Å². The largest absolute Gasteiger partial charge is 0.497 e. The van der Waals surface area contributed by atoms with E-state index in [1.165, 1.54) is 0 Å². The zero-order valence-electron chi connectivity index (χ0n) is 13.5. The first-order valence-electron chi connectivity index (χ1n) is 7.44. The van der Waals surface area contributed by atoms with Gasteiger partial charge < -0.3 is 14.0 Å². The van der Waals surface area contributed by atoms with E-state index < -0.39 is 0 Å². The van der Waals surface area contributed by atoms with Crippen molar-refractivity contribution in [2.45, 2.75) is 17.5 Å². The van der Waals surface area contributed by atoms with Crippen molar-refractivity contribution in [2.75, 3.05) is 7.11 Å². The van der Waals surface area contributed by atoms with Gasteiger partial charge in [0.25, 0.3) is 0 Å². The van der Waals surface area contributed by atoms with Gasteiger partial charge in [0.1, 0.15) is 18.1 Å². The minimum absolute atomic E-state index is 0.361. The van der Waals surface area contributed by atoms with Gasteiger partial charge in [-0.3, -0.25) is 4.98 Å². The van der Waals surface area contributed by atoms with Crippen molar-refractivity contribution in [3.05, 3.63) is 60.2 Å². The van der Waals surface area contributed by atoms with Gasteiger partial charge in [-0.25, -0.2) is 0 Å². The summed E-state index contributed by atoms with van der Waals surface area (Å²) < 4.78 is 12.8. The van der Waals surface area contributed by atoms with Gasteiger partial charge in [-0.05, 0) is 36.4 Å². The summed E-state index contributed by atoms with van der Waals surface area (Å²) in [5.41, 5.74) is 1.02. The minimum atomic E-state index is 0.361. The summed E-state index contributed by atoms with van der Waals surface area (Å²) in [6.07, 6.45) is 1.79. The van der Waals surface area contributed by atoms with Crippen molar-refractivity contribution >= 4 is 11.8 Å². The molecule has 124 valence electrons. The summed E-state index contributed by atoms with van der Waals surface area (Å²) in [5, 5.41) is 9.26. The average molecular weight is 342 g/mol. The monoisotopic (exact) mass is 342 g/mol. The molecular formula is C17H18N4O2S. The number of nitrogens with zero attached hydrogens (tertiary/aromatic N) is 4. The summed E-state index contributed by atoms with van der Waals surface area (Å²) in [7, 11) is 3.58. The van der Waals surface area contributed by atoms with Crippen LogP contribution in [0.15, 0.2) is 53.8 Å². The van der Waals surface area contributed by atoms with Gasteiger partial charge in [-0.15, -0.1) is 10.2 Å². The van der Waals surface area contributed by atoms with E-state index in [-0.39, 0.29) is 0 Å². The lowest BCUT2D eigenvalue weighted by Gasteiger charge is -2.07. The smallest absolute Gasteiger partial charge is 0.191 e. The lowest BCUT2D eigenvalue weighted by Crippen LogP contribution is -2.04. The quantitative estimate of drug-likeness (QED) is 0.615. The van der Waals surface area contributed by atoms with Gasteiger partial charge in [-0.2, -0.15) is 0 Å². The Bertz CT molecular complexity index is 775. The summed E-state index contributed by atoms with van der Waals surface area (Å²) in [4.78, 5) is 4.31. The first-order valence-corrected chi connectivity index (χ1v) is 8.42. The van der Waals surface area contributed by atoms with E-state index in [1.807, 2.05) is 54.1 Å². The van der Waals surface area contributed by atoms with Gasteiger partial charge in [0.2, 0.25) is 0 Å². The molecule has 0 radical (unpaired) electrons. The van der Waals surface area contributed by atoms with Crippen molar-refractivity contribution in [1.29, 1.82) is 0 Å². The highest BCUT2D eigenvalue weighted by atomic mass is 32.2. The molecule has 7 heteroatoms. The standard InChI is InChI=1S/C17H18N4O2S/c1-21-16(11-23-15-8-6-14(22-2)7-9-15)19-20-17(21)24-12-13-5-3-4-10-18-13/h3-10H,11-12H2,1-2H3. The molecule has 0 saturated heterocycles. The van der Waals surface area contributed by atoms with Crippen LogP contribution in [-0.2, 0) is 19.4 Å². The van der Waals surface area contributed by atoms with Crippen LogP contribution >= 0.6 is 11.8 Å². The molecule has 2 heterocycles. The molecule has 0 saturated carbocycles. The lowest BCUT2D eigenvalue weighted by molar-refractivity contribution is 0.290. The Hall–Kier alpha value is -2.54. The summed E-state index contributed by atoms with van der Waals surface area (Å²) in [5.74, 6) is 3.09. The molecule has 3 rings (SSSR count). The first kappa shape index (κ1) is 16.3. The van der Waals surface area contributed by atoms with Crippen LogP contribution in [0.4, 0.5) is 0 Å². The zero-order valence-corrected chi connectivity index (χ0v) is 14.4. The van der Waals surface area contributed by atoms with Crippen molar-refractivity contribution < 1.29 is 9.47 Å². The molecular weight excluding hydrogens is 324 g/mol. The maximum absolute atomic E-state index is 5.75. The van der Waals surface area contributed by atoms with Gasteiger partial charge in [-0.1, -0.05) is 17.8 Å². The number of rotatable bonds is 7. The fourth-order valence-corrected chi connectivity index (χ4v) is 2.88. The molecule has 0 spiro atoms. The SMILES string of the molecule is COc1ccc(OCc2nnc(SCc3ccccn3)n2C)cc1. The molecule has 0 amide bonds. The molecule has 0 aliphatic carbocycles. The van der Waals surface area contributed by atoms with Gasteiger partial charge >= 0.3 is 0 Å². The predicted octanol–water partition coefficient (Wildman–Crippen LogP) is 3.09. The molecule has 0 aliphatic heterocycles. The molecule has 0 bridgehead atoms. The second-order valence-electron chi connectivity index (χ2n) is 5.03. The Kier molecular flexibility index (Phi) is 5.32. The molecule has 24 heavy (non-hydrogen) atoms. The van der Waals surface area contributed by atoms with Crippen LogP contribution in [0.2, 0.25) is 0 Å². The Morgan fingerprint density at radius 1 is 1.04 bits per heavy atom. The summed E-state index contributed by atoms with van der Waals surface area (Å²) in [6.45, 7) is 0.361. The fourth-order valence-electron chi connectivity index (χ4n) is 2.04. The maximum atomic E-state index is 5.75. The minimum Gasteiger partial charge on any atom is -0.497 e. The second-order valence-corrected chi connectivity index (χ2v) is 5.97. The van der Waals surface area contributed by atoms with Crippen LogP contribution in [0.25, 0.3) is 0 Å². The number of hydrogen-bond acceptors (Lipinski definition) is 6. The average Bonchev–Trinajstić information content (AvgIpc) is 2.99. The lowest BCUT2D eigenvalue weighted by atomic mass is 10.3. The Balaban J connectivity index is 1.57.